The third-order valence-corrected chi connectivity index (χ3v) is 4.62. The van der Waals surface area contributed by atoms with E-state index in [1.807, 2.05) is 0 Å². The molecule has 0 spiro atoms. The average Bonchev–Trinajstić information content (AvgIpc) is 2.36. The molecule has 0 heterocycles. The lowest BCUT2D eigenvalue weighted by atomic mass is 9.71. The van der Waals surface area contributed by atoms with Crippen LogP contribution in [0, 0.1) is 11.3 Å². The maximum Gasteiger partial charge on any atom is 0.258 e. The maximum absolute atomic E-state index is 12.2. The molecule has 1 aromatic rings. The van der Waals surface area contributed by atoms with Gasteiger partial charge in [-0.2, -0.15) is 0 Å². The number of hydrogen-bond donors (Lipinski definition) is 2. The number of nitrogens with one attached hydrogen (secondary N) is 2. The van der Waals surface area contributed by atoms with Gasteiger partial charge in [0.2, 0.25) is 0 Å². The zero-order valence-corrected chi connectivity index (χ0v) is 14.9. The summed E-state index contributed by atoms with van der Waals surface area (Å²) >= 11 is 11.3. The number of amides is 1. The van der Waals surface area contributed by atoms with Crippen LogP contribution < -0.4 is 10.6 Å². The summed E-state index contributed by atoms with van der Waals surface area (Å²) in [6, 6.07) is 7.26. The van der Waals surface area contributed by atoms with Gasteiger partial charge in [-0.15, -0.1) is 0 Å². The number of carbonyl (C=O) groups is 1. The minimum Gasteiger partial charge on any atom is -0.360 e. The fourth-order valence-electron chi connectivity index (χ4n) is 3.49. The minimum absolute atomic E-state index is 0.272. The van der Waals surface area contributed by atoms with Crippen molar-refractivity contribution in [3.8, 4) is 0 Å². The third kappa shape index (κ3) is 4.68. The lowest BCUT2D eigenvalue weighted by Gasteiger charge is -2.39. The third-order valence-electron chi connectivity index (χ3n) is 4.07. The van der Waals surface area contributed by atoms with Gasteiger partial charge in [-0.1, -0.05) is 44.5 Å². The van der Waals surface area contributed by atoms with Crippen molar-refractivity contribution < 1.29 is 4.79 Å². The first-order valence-electron chi connectivity index (χ1n) is 7.63. The maximum atomic E-state index is 12.2. The van der Waals surface area contributed by atoms with Gasteiger partial charge in [0.05, 0.1) is 10.6 Å². The van der Waals surface area contributed by atoms with Crippen LogP contribution in [0.4, 0.5) is 0 Å². The second-order valence-electron chi connectivity index (χ2n) is 7.02. The number of halogens is 1. The largest absolute Gasteiger partial charge is 0.360 e. The number of rotatable bonds is 2. The van der Waals surface area contributed by atoms with Crippen LogP contribution in [-0.2, 0) is 0 Å². The first-order chi connectivity index (χ1) is 10.3. The van der Waals surface area contributed by atoms with Gasteiger partial charge in [-0.3, -0.25) is 10.1 Å². The van der Waals surface area contributed by atoms with E-state index in [2.05, 4.69) is 31.4 Å². The summed E-state index contributed by atoms with van der Waals surface area (Å²) in [6.07, 6.45) is 3.36. The number of benzene rings is 1. The summed E-state index contributed by atoms with van der Waals surface area (Å²) in [5.41, 5.74) is 0.739. The molecule has 1 saturated carbocycles. The van der Waals surface area contributed by atoms with Gasteiger partial charge in [-0.05, 0) is 54.9 Å². The van der Waals surface area contributed by atoms with Gasteiger partial charge in [0.1, 0.15) is 0 Å². The highest BCUT2D eigenvalue weighted by Gasteiger charge is 2.32. The summed E-state index contributed by atoms with van der Waals surface area (Å²) in [5.74, 6) is 0.384. The van der Waals surface area contributed by atoms with Crippen molar-refractivity contribution in [1.29, 1.82) is 0 Å². The van der Waals surface area contributed by atoms with E-state index in [0.717, 1.165) is 12.8 Å². The molecule has 1 aliphatic rings. The molecular formula is C17H23ClN2OS. The summed E-state index contributed by atoms with van der Waals surface area (Å²) < 4.78 is 0. The molecule has 1 aliphatic carbocycles. The topological polar surface area (TPSA) is 41.1 Å². The van der Waals surface area contributed by atoms with Crippen LogP contribution in [0.5, 0.6) is 0 Å². The molecule has 1 aromatic carbocycles. The second-order valence-corrected chi connectivity index (χ2v) is 7.83. The molecule has 0 saturated heterocycles. The number of thiocarbonyl (C=S) groups is 1. The molecule has 22 heavy (non-hydrogen) atoms. The summed E-state index contributed by atoms with van der Waals surface area (Å²) in [7, 11) is 0. The first kappa shape index (κ1) is 17.2. The molecule has 0 aliphatic heterocycles. The molecule has 3 nitrogen and oxygen atoms in total. The van der Waals surface area contributed by atoms with Crippen molar-refractivity contribution in [3.63, 3.8) is 0 Å². The lowest BCUT2D eigenvalue weighted by molar-refractivity contribution is 0.0975. The Balaban J connectivity index is 1.93. The van der Waals surface area contributed by atoms with E-state index in [1.54, 1.807) is 24.3 Å². The van der Waals surface area contributed by atoms with Crippen molar-refractivity contribution in [3.05, 3.63) is 34.9 Å². The van der Waals surface area contributed by atoms with Crippen LogP contribution >= 0.6 is 23.8 Å². The van der Waals surface area contributed by atoms with Gasteiger partial charge in [-0.25, -0.2) is 0 Å². The fourth-order valence-corrected chi connectivity index (χ4v) is 3.97. The Hall–Kier alpha value is -1.13. The lowest BCUT2D eigenvalue weighted by Crippen LogP contribution is -2.48. The molecule has 2 rings (SSSR count). The fraction of sp³-hybridized carbons (Fsp3) is 0.529. The molecular weight excluding hydrogens is 316 g/mol. The van der Waals surface area contributed by atoms with Gasteiger partial charge in [0, 0.05) is 6.04 Å². The summed E-state index contributed by atoms with van der Waals surface area (Å²) in [5, 5.41) is 6.81. The molecule has 5 heteroatoms. The van der Waals surface area contributed by atoms with Gasteiger partial charge in [0.25, 0.3) is 5.91 Å². The predicted octanol–water partition coefficient (Wildman–Crippen LogP) is 4.16. The van der Waals surface area contributed by atoms with Gasteiger partial charge >= 0.3 is 0 Å². The standard InChI is InChI=1S/C17H23ClN2OS/c1-11-8-12(10-17(2,3)9-11)19-16(22)20-15(21)13-6-4-5-7-14(13)18/h4-7,11-12H,8-10H2,1-3H3,(H2,19,20,21,22)/t11-,12+/m0/s1. The molecule has 0 aromatic heterocycles. The average molecular weight is 339 g/mol. The van der Waals surface area contributed by atoms with Crippen LogP contribution in [0.1, 0.15) is 50.4 Å². The smallest absolute Gasteiger partial charge is 0.258 e. The van der Waals surface area contributed by atoms with Crippen LogP contribution in [0.25, 0.3) is 0 Å². The Bertz CT molecular complexity index is 574. The highest BCUT2D eigenvalue weighted by molar-refractivity contribution is 7.80. The van der Waals surface area contributed by atoms with Crippen LogP contribution in [-0.4, -0.2) is 17.1 Å². The molecule has 2 atom stereocenters. The van der Waals surface area contributed by atoms with Crippen LogP contribution in [0.3, 0.4) is 0 Å². The quantitative estimate of drug-likeness (QED) is 0.795. The van der Waals surface area contributed by atoms with Gasteiger partial charge < -0.3 is 5.32 Å². The van der Waals surface area contributed by atoms with Crippen molar-refractivity contribution in [2.45, 2.75) is 46.1 Å². The van der Waals surface area contributed by atoms with E-state index >= 15 is 0 Å². The van der Waals surface area contributed by atoms with Crippen molar-refractivity contribution in [2.75, 3.05) is 0 Å². The Kier molecular flexibility index (Phi) is 5.45. The Morgan fingerprint density at radius 3 is 2.64 bits per heavy atom. The summed E-state index contributed by atoms with van der Waals surface area (Å²) in [6.45, 7) is 6.83. The molecule has 2 N–H and O–H groups in total. The van der Waals surface area contributed by atoms with Gasteiger partial charge in [0.15, 0.2) is 5.11 Å². The Morgan fingerprint density at radius 2 is 2.00 bits per heavy atom. The minimum atomic E-state index is -0.272. The molecule has 1 amide bonds. The molecule has 0 radical (unpaired) electrons. The SMILES string of the molecule is C[C@H]1C[C@@H](NC(=S)NC(=O)c2ccccc2Cl)CC(C)(C)C1. The van der Waals surface area contributed by atoms with Crippen molar-refractivity contribution in [2.24, 2.45) is 11.3 Å². The highest BCUT2D eigenvalue weighted by atomic mass is 35.5. The van der Waals surface area contributed by atoms with E-state index in [-0.39, 0.29) is 5.91 Å². The zero-order valence-electron chi connectivity index (χ0n) is 13.3. The van der Waals surface area contributed by atoms with E-state index in [4.69, 9.17) is 23.8 Å². The Morgan fingerprint density at radius 1 is 1.32 bits per heavy atom. The predicted molar refractivity (Wildman–Crippen MR) is 95.2 cm³/mol. The van der Waals surface area contributed by atoms with Crippen molar-refractivity contribution in [1.82, 2.24) is 10.6 Å². The van der Waals surface area contributed by atoms with Crippen LogP contribution in [0.15, 0.2) is 24.3 Å². The molecule has 0 bridgehead atoms. The Labute approximate surface area is 142 Å². The normalized spacial score (nSPS) is 23.6. The molecule has 1 fully saturated rings. The number of hydrogen-bond acceptors (Lipinski definition) is 2. The zero-order chi connectivity index (χ0) is 16.3. The van der Waals surface area contributed by atoms with E-state index in [0.29, 0.717) is 33.1 Å². The van der Waals surface area contributed by atoms with Crippen molar-refractivity contribution >= 4 is 34.8 Å². The van der Waals surface area contributed by atoms with Crippen LogP contribution in [0.2, 0.25) is 5.02 Å². The van der Waals surface area contributed by atoms with E-state index < -0.39 is 0 Å². The summed E-state index contributed by atoms with van der Waals surface area (Å²) in [4.78, 5) is 12.2. The highest BCUT2D eigenvalue weighted by Crippen LogP contribution is 2.38. The first-order valence-corrected chi connectivity index (χ1v) is 8.42. The van der Waals surface area contributed by atoms with E-state index in [9.17, 15) is 4.79 Å². The second kappa shape index (κ2) is 6.97. The molecule has 120 valence electrons. The monoisotopic (exact) mass is 338 g/mol. The molecule has 0 unspecified atom stereocenters. The van der Waals surface area contributed by atoms with E-state index in [1.165, 1.54) is 6.42 Å². The number of carbonyl (C=O) groups excluding carboxylic acids is 1.